The summed E-state index contributed by atoms with van der Waals surface area (Å²) >= 11 is 0. The van der Waals surface area contributed by atoms with Crippen LogP contribution in [-0.2, 0) is 6.42 Å². The number of aliphatic hydroxyl groups is 1. The van der Waals surface area contributed by atoms with Crippen molar-refractivity contribution in [2.24, 2.45) is 0 Å². The minimum absolute atomic E-state index is 0.0836. The van der Waals surface area contributed by atoms with Crippen LogP contribution >= 0.6 is 0 Å². The van der Waals surface area contributed by atoms with Gasteiger partial charge in [0.25, 0.3) is 6.43 Å². The van der Waals surface area contributed by atoms with Crippen molar-refractivity contribution in [1.29, 1.82) is 0 Å². The summed E-state index contributed by atoms with van der Waals surface area (Å²) in [6.07, 6.45) is -1.88. The highest BCUT2D eigenvalue weighted by Crippen LogP contribution is 2.22. The molecule has 0 saturated heterocycles. The first-order valence-electron chi connectivity index (χ1n) is 5.29. The van der Waals surface area contributed by atoms with E-state index in [1.807, 2.05) is 6.92 Å². The highest BCUT2D eigenvalue weighted by Gasteiger charge is 2.13. The zero-order valence-electron chi connectivity index (χ0n) is 9.09. The molecule has 0 aliphatic rings. The summed E-state index contributed by atoms with van der Waals surface area (Å²) in [4.78, 5) is 0. The van der Waals surface area contributed by atoms with Gasteiger partial charge in [-0.05, 0) is 24.1 Å². The minimum Gasteiger partial charge on any atom is -0.393 e. The lowest BCUT2D eigenvalue weighted by Gasteiger charge is -2.11. The van der Waals surface area contributed by atoms with Gasteiger partial charge in [-0.1, -0.05) is 19.4 Å². The summed E-state index contributed by atoms with van der Waals surface area (Å²) in [7, 11) is 0. The molecule has 0 radical (unpaired) electrons. The van der Waals surface area contributed by atoms with Crippen molar-refractivity contribution in [3.8, 4) is 0 Å². The van der Waals surface area contributed by atoms with Gasteiger partial charge in [-0.25, -0.2) is 13.2 Å². The molecule has 0 saturated carbocycles. The minimum atomic E-state index is -2.61. The quantitative estimate of drug-likeness (QED) is 0.824. The van der Waals surface area contributed by atoms with Crippen molar-refractivity contribution in [1.82, 2.24) is 0 Å². The van der Waals surface area contributed by atoms with E-state index in [4.69, 9.17) is 0 Å². The van der Waals surface area contributed by atoms with E-state index in [2.05, 4.69) is 0 Å². The van der Waals surface area contributed by atoms with Gasteiger partial charge in [-0.15, -0.1) is 0 Å². The van der Waals surface area contributed by atoms with E-state index in [-0.39, 0.29) is 17.5 Å². The molecular weight excluding hydrogens is 217 g/mol. The summed E-state index contributed by atoms with van der Waals surface area (Å²) in [6, 6.07) is 3.21. The Morgan fingerprint density at radius 3 is 2.56 bits per heavy atom. The zero-order valence-corrected chi connectivity index (χ0v) is 9.09. The third-order valence-corrected chi connectivity index (χ3v) is 2.40. The lowest BCUT2D eigenvalue weighted by atomic mass is 10.0. The first-order chi connectivity index (χ1) is 7.54. The van der Waals surface area contributed by atoms with Crippen molar-refractivity contribution in [3.63, 3.8) is 0 Å². The smallest absolute Gasteiger partial charge is 0.263 e. The van der Waals surface area contributed by atoms with Crippen LogP contribution in [0.2, 0.25) is 0 Å². The number of alkyl halides is 2. The maximum atomic E-state index is 13.3. The van der Waals surface area contributed by atoms with Crippen molar-refractivity contribution >= 4 is 0 Å². The fourth-order valence-corrected chi connectivity index (χ4v) is 1.58. The molecule has 0 aliphatic heterocycles. The molecule has 1 N–H and O–H groups in total. The van der Waals surface area contributed by atoms with Crippen LogP contribution in [0.1, 0.15) is 37.3 Å². The molecule has 1 aromatic rings. The molecule has 1 rings (SSSR count). The number of rotatable bonds is 5. The normalized spacial score (nSPS) is 13.1. The van der Waals surface area contributed by atoms with E-state index >= 15 is 0 Å². The third-order valence-electron chi connectivity index (χ3n) is 2.40. The highest BCUT2D eigenvalue weighted by atomic mass is 19.3. The van der Waals surface area contributed by atoms with Crippen LogP contribution in [0.3, 0.4) is 0 Å². The van der Waals surface area contributed by atoms with Crippen LogP contribution in [0, 0.1) is 5.82 Å². The molecule has 0 amide bonds. The van der Waals surface area contributed by atoms with Crippen LogP contribution in [0.25, 0.3) is 0 Å². The lowest BCUT2D eigenvalue weighted by Crippen LogP contribution is -2.11. The molecule has 16 heavy (non-hydrogen) atoms. The lowest BCUT2D eigenvalue weighted by molar-refractivity contribution is 0.149. The molecule has 1 atom stereocenters. The van der Waals surface area contributed by atoms with Crippen molar-refractivity contribution < 1.29 is 18.3 Å². The summed E-state index contributed by atoms with van der Waals surface area (Å²) in [5.41, 5.74) is -0.0566. The van der Waals surface area contributed by atoms with Gasteiger partial charge in [-0.3, -0.25) is 0 Å². The van der Waals surface area contributed by atoms with Crippen LogP contribution in [0.4, 0.5) is 13.2 Å². The second-order valence-electron chi connectivity index (χ2n) is 3.80. The molecule has 1 nitrogen and oxygen atoms in total. The van der Waals surface area contributed by atoms with Crippen LogP contribution in [0.15, 0.2) is 18.2 Å². The largest absolute Gasteiger partial charge is 0.393 e. The molecule has 0 fully saturated rings. The standard InChI is InChI=1S/C12H15F3O/c1-2-3-10(16)7-9-6-8(12(14)15)4-5-11(9)13/h4-6,10,12,16H,2-3,7H2,1H3. The van der Waals surface area contributed by atoms with Crippen molar-refractivity contribution in [2.45, 2.75) is 38.7 Å². The summed E-state index contributed by atoms with van der Waals surface area (Å²) in [6.45, 7) is 1.90. The van der Waals surface area contributed by atoms with Gasteiger partial charge in [0.2, 0.25) is 0 Å². The fourth-order valence-electron chi connectivity index (χ4n) is 1.58. The molecule has 1 aromatic carbocycles. The topological polar surface area (TPSA) is 20.2 Å². The molecular formula is C12H15F3O. The molecule has 0 aliphatic carbocycles. The number of aliphatic hydroxyl groups excluding tert-OH is 1. The summed E-state index contributed by atoms with van der Waals surface area (Å²) < 4.78 is 38.0. The maximum Gasteiger partial charge on any atom is 0.263 e. The SMILES string of the molecule is CCCC(O)Cc1cc(C(F)F)ccc1F. The Morgan fingerprint density at radius 2 is 2.00 bits per heavy atom. The van der Waals surface area contributed by atoms with E-state index < -0.39 is 18.3 Å². The first kappa shape index (κ1) is 13.0. The van der Waals surface area contributed by atoms with Crippen molar-refractivity contribution in [2.75, 3.05) is 0 Å². The van der Waals surface area contributed by atoms with E-state index in [1.54, 1.807) is 0 Å². The predicted molar refractivity (Wildman–Crippen MR) is 56.0 cm³/mol. The second-order valence-corrected chi connectivity index (χ2v) is 3.80. The van der Waals surface area contributed by atoms with Gasteiger partial charge in [0, 0.05) is 12.0 Å². The Labute approximate surface area is 92.9 Å². The molecule has 1 unspecified atom stereocenters. The molecule has 0 aromatic heterocycles. The molecule has 0 heterocycles. The fraction of sp³-hybridized carbons (Fsp3) is 0.500. The van der Waals surface area contributed by atoms with Crippen LogP contribution < -0.4 is 0 Å². The van der Waals surface area contributed by atoms with Gasteiger partial charge in [0.05, 0.1) is 6.10 Å². The second kappa shape index (κ2) is 5.89. The van der Waals surface area contributed by atoms with Crippen LogP contribution in [0.5, 0.6) is 0 Å². The Kier molecular flexibility index (Phi) is 4.80. The van der Waals surface area contributed by atoms with E-state index in [0.29, 0.717) is 6.42 Å². The predicted octanol–water partition coefficient (Wildman–Crippen LogP) is 3.47. The number of hydrogen-bond donors (Lipinski definition) is 1. The Morgan fingerprint density at radius 1 is 1.31 bits per heavy atom. The van der Waals surface area contributed by atoms with Crippen molar-refractivity contribution in [3.05, 3.63) is 35.1 Å². The van der Waals surface area contributed by atoms with Crippen LogP contribution in [-0.4, -0.2) is 11.2 Å². The average molecular weight is 232 g/mol. The Balaban J connectivity index is 2.81. The number of halogens is 3. The van der Waals surface area contributed by atoms with E-state index in [0.717, 1.165) is 24.6 Å². The summed E-state index contributed by atoms with van der Waals surface area (Å²) in [5.74, 6) is -0.542. The number of benzene rings is 1. The third kappa shape index (κ3) is 3.52. The van der Waals surface area contributed by atoms with Gasteiger partial charge in [-0.2, -0.15) is 0 Å². The maximum absolute atomic E-state index is 13.3. The monoisotopic (exact) mass is 232 g/mol. The van der Waals surface area contributed by atoms with E-state index in [9.17, 15) is 18.3 Å². The number of hydrogen-bond acceptors (Lipinski definition) is 1. The van der Waals surface area contributed by atoms with Gasteiger partial charge in [0.15, 0.2) is 0 Å². The van der Waals surface area contributed by atoms with Gasteiger partial charge < -0.3 is 5.11 Å². The Hall–Kier alpha value is -1.03. The van der Waals surface area contributed by atoms with Gasteiger partial charge >= 0.3 is 0 Å². The van der Waals surface area contributed by atoms with E-state index in [1.165, 1.54) is 0 Å². The Bertz CT molecular complexity index is 339. The molecule has 0 spiro atoms. The molecule has 4 heteroatoms. The zero-order chi connectivity index (χ0) is 12.1. The first-order valence-corrected chi connectivity index (χ1v) is 5.29. The average Bonchev–Trinajstić information content (AvgIpc) is 2.21. The highest BCUT2D eigenvalue weighted by molar-refractivity contribution is 5.26. The molecule has 0 bridgehead atoms. The molecule has 90 valence electrons. The summed E-state index contributed by atoms with van der Waals surface area (Å²) in [5, 5.41) is 9.50. The van der Waals surface area contributed by atoms with Gasteiger partial charge in [0.1, 0.15) is 5.82 Å².